The van der Waals surface area contributed by atoms with Gasteiger partial charge in [-0.25, -0.2) is 4.79 Å². The first kappa shape index (κ1) is 47.2. The molecule has 0 aromatic carbocycles. The fraction of sp³-hybridized carbons (Fsp3) is 0.800. The van der Waals surface area contributed by atoms with Crippen molar-refractivity contribution in [3.63, 3.8) is 0 Å². The van der Waals surface area contributed by atoms with Crippen LogP contribution in [0, 0.1) is 59.2 Å². The lowest BCUT2D eigenvalue weighted by molar-refractivity contribution is -0.371. The van der Waals surface area contributed by atoms with Crippen LogP contribution < -0.4 is 0 Å². The SMILES string of the molecule is CC[C@@H]1/C=C\C=C/C[C@H](C)[C@H](O)[C@@H](C)C(=O)[C@H](C)[C@@H](O)[C@H](C)C(=O)[C@H](C)[C@@H](O)[C@H](C)C=CC(=O)O[C@H]2[C@@H](C)[C@@H](CC1)O[C@@]1(CC[C@@H](C)[C@@H](C[C@H](C)O)O1)[C@@H]2C. The fourth-order valence-electron chi connectivity index (χ4n) is 8.95. The number of esters is 1. The third kappa shape index (κ3) is 11.9. The molecule has 1 spiro atoms. The second-order valence-electron chi connectivity index (χ2n) is 17.7. The minimum absolute atomic E-state index is 0.144. The van der Waals surface area contributed by atoms with E-state index in [1.807, 2.05) is 32.1 Å². The number of aliphatic hydroxyl groups is 4. The summed E-state index contributed by atoms with van der Waals surface area (Å²) in [7, 11) is 0. The van der Waals surface area contributed by atoms with E-state index in [9.17, 15) is 34.8 Å². The van der Waals surface area contributed by atoms with Crippen LogP contribution in [0.3, 0.4) is 0 Å². The molecule has 10 heteroatoms. The van der Waals surface area contributed by atoms with Gasteiger partial charge in [0.25, 0.3) is 0 Å². The number of carbonyl (C=O) groups excluding carboxylic acids is 3. The van der Waals surface area contributed by atoms with Gasteiger partial charge in [0, 0.05) is 53.9 Å². The van der Waals surface area contributed by atoms with Crippen molar-refractivity contribution >= 4 is 17.5 Å². The Bertz CT molecular complexity index is 1340. The molecule has 4 N–H and O–H groups in total. The lowest BCUT2D eigenvalue weighted by Crippen LogP contribution is -2.62. The number of carbonyl (C=O) groups is 3. The zero-order valence-corrected chi connectivity index (χ0v) is 35.5. The zero-order chi connectivity index (χ0) is 41.4. The predicted molar refractivity (Wildman–Crippen MR) is 213 cm³/mol. The van der Waals surface area contributed by atoms with Gasteiger partial charge in [-0.1, -0.05) is 99.6 Å². The topological polar surface area (TPSA) is 160 Å². The Labute approximate surface area is 331 Å². The third-order valence-corrected chi connectivity index (χ3v) is 13.4. The second kappa shape index (κ2) is 21.0. The van der Waals surface area contributed by atoms with Gasteiger partial charge < -0.3 is 34.6 Å². The molecule has 0 saturated carbocycles. The van der Waals surface area contributed by atoms with E-state index in [-0.39, 0.29) is 47.6 Å². The zero-order valence-electron chi connectivity index (χ0n) is 35.5. The van der Waals surface area contributed by atoms with E-state index < -0.39 is 77.6 Å². The van der Waals surface area contributed by atoms with Crippen LogP contribution in [-0.4, -0.2) is 86.5 Å². The summed E-state index contributed by atoms with van der Waals surface area (Å²) in [5.74, 6) is -6.53. The first-order valence-corrected chi connectivity index (χ1v) is 21.1. The minimum Gasteiger partial charge on any atom is -0.458 e. The average molecular weight is 775 g/mol. The molecule has 3 aliphatic heterocycles. The van der Waals surface area contributed by atoms with Crippen LogP contribution in [0.1, 0.15) is 121 Å². The Kier molecular flexibility index (Phi) is 18.0. The van der Waals surface area contributed by atoms with Crippen molar-refractivity contribution in [2.24, 2.45) is 59.2 Å². The lowest BCUT2D eigenvalue weighted by atomic mass is 9.74. The standard InChI is InChI=1S/C45H74O10/c1-12-35-17-15-13-14-16-26(3)39(48)30(7)41(50)32(9)43(52)33(10)42(51)31(8)40(49)27(4)18-21-38(47)53-44-29(6)36(20-19-35)54-45(34(44)11)23-22-25(2)37(55-45)24-28(5)46/h13-15,17-18,21,25-37,39-40,43-44,46,48-49,52H,12,16,19-20,22-24H2,1-11H3/b14-13-,17-15-,21-18?/t25-,26+,27-,28+,29+,30-,31-,32+,33-,34-,35-,36-,37-,39+,40+,43-,44+,45-/m1/s1. The van der Waals surface area contributed by atoms with Crippen LogP contribution in [0.4, 0.5) is 0 Å². The van der Waals surface area contributed by atoms with Crippen molar-refractivity contribution < 1.29 is 49.0 Å². The number of hydrogen-bond acceptors (Lipinski definition) is 10. The van der Waals surface area contributed by atoms with Gasteiger partial charge in [0.05, 0.1) is 36.6 Å². The highest BCUT2D eigenvalue weighted by Crippen LogP contribution is 2.49. The molecule has 0 radical (unpaired) electrons. The van der Waals surface area contributed by atoms with Crippen molar-refractivity contribution in [3.05, 3.63) is 36.5 Å². The van der Waals surface area contributed by atoms with Crippen molar-refractivity contribution in [3.8, 4) is 0 Å². The Hall–Kier alpha value is -2.21. The number of ether oxygens (including phenoxy) is 3. The molecule has 10 nitrogen and oxygen atoms in total. The van der Waals surface area contributed by atoms with Gasteiger partial charge in [-0.05, 0) is 63.2 Å². The van der Waals surface area contributed by atoms with E-state index in [0.717, 1.165) is 25.7 Å². The van der Waals surface area contributed by atoms with Gasteiger partial charge >= 0.3 is 5.97 Å². The molecule has 2 bridgehead atoms. The molecule has 2 fully saturated rings. The predicted octanol–water partition coefficient (Wildman–Crippen LogP) is 6.77. The Balaban J connectivity index is 1.97. The maximum Gasteiger partial charge on any atom is 0.330 e. The molecule has 314 valence electrons. The molecular formula is C45H74O10. The monoisotopic (exact) mass is 775 g/mol. The number of Topliss-reactive ketones (excluding diaryl/α,β-unsaturated/α-hetero) is 2. The maximum atomic E-state index is 13.5. The maximum absolute atomic E-state index is 13.5. The van der Waals surface area contributed by atoms with E-state index in [0.29, 0.717) is 19.3 Å². The summed E-state index contributed by atoms with van der Waals surface area (Å²) in [6.07, 6.45) is 11.1. The largest absolute Gasteiger partial charge is 0.458 e. The van der Waals surface area contributed by atoms with Gasteiger partial charge in [-0.3, -0.25) is 9.59 Å². The molecule has 0 aromatic rings. The molecule has 18 atom stereocenters. The molecule has 3 rings (SSSR count). The van der Waals surface area contributed by atoms with E-state index >= 15 is 0 Å². The summed E-state index contributed by atoms with van der Waals surface area (Å²) in [6, 6.07) is 0. The highest BCUT2D eigenvalue weighted by atomic mass is 16.7. The molecule has 0 aliphatic carbocycles. The quantitative estimate of drug-likeness (QED) is 0.226. The summed E-state index contributed by atoms with van der Waals surface area (Å²) in [6.45, 7) is 20.1. The first-order chi connectivity index (χ1) is 25.8. The lowest BCUT2D eigenvalue weighted by Gasteiger charge is -2.55. The Morgan fingerprint density at radius 1 is 0.764 bits per heavy atom. The molecule has 0 aromatic heterocycles. The number of fused-ring (bicyclic) bond motifs is 2. The minimum atomic E-state index is -1.30. The molecular weight excluding hydrogens is 700 g/mol. The number of ketones is 2. The van der Waals surface area contributed by atoms with Gasteiger partial charge in [0.15, 0.2) is 5.79 Å². The summed E-state index contributed by atoms with van der Waals surface area (Å²) in [4.78, 5) is 40.4. The smallest absolute Gasteiger partial charge is 0.330 e. The molecule has 55 heavy (non-hydrogen) atoms. The van der Waals surface area contributed by atoms with Gasteiger partial charge in [0.2, 0.25) is 0 Å². The number of rotatable bonds is 3. The van der Waals surface area contributed by atoms with E-state index in [1.165, 1.54) is 6.08 Å². The van der Waals surface area contributed by atoms with E-state index in [1.54, 1.807) is 47.6 Å². The van der Waals surface area contributed by atoms with Gasteiger partial charge in [-0.2, -0.15) is 0 Å². The van der Waals surface area contributed by atoms with Crippen LogP contribution in [0.2, 0.25) is 0 Å². The van der Waals surface area contributed by atoms with E-state index in [4.69, 9.17) is 14.2 Å². The van der Waals surface area contributed by atoms with Crippen LogP contribution in [-0.2, 0) is 28.6 Å². The van der Waals surface area contributed by atoms with Crippen LogP contribution in [0.25, 0.3) is 0 Å². The normalized spacial score (nSPS) is 45.5. The molecule has 3 aliphatic rings. The van der Waals surface area contributed by atoms with Gasteiger partial charge in [-0.15, -0.1) is 0 Å². The van der Waals surface area contributed by atoms with Crippen molar-refractivity contribution in [2.75, 3.05) is 0 Å². The fourth-order valence-corrected chi connectivity index (χ4v) is 8.95. The Morgan fingerprint density at radius 3 is 1.96 bits per heavy atom. The first-order valence-electron chi connectivity index (χ1n) is 21.1. The Morgan fingerprint density at radius 2 is 1.36 bits per heavy atom. The van der Waals surface area contributed by atoms with Gasteiger partial charge in [0.1, 0.15) is 17.7 Å². The highest BCUT2D eigenvalue weighted by Gasteiger charge is 2.56. The molecule has 0 unspecified atom stereocenters. The number of hydrogen-bond donors (Lipinski definition) is 4. The average Bonchev–Trinajstić information content (AvgIpc) is 3.16. The van der Waals surface area contributed by atoms with Crippen LogP contribution >= 0.6 is 0 Å². The highest BCUT2D eigenvalue weighted by molar-refractivity contribution is 5.87. The summed E-state index contributed by atoms with van der Waals surface area (Å²) in [5, 5.41) is 43.8. The van der Waals surface area contributed by atoms with Crippen molar-refractivity contribution in [1.82, 2.24) is 0 Å². The van der Waals surface area contributed by atoms with Crippen LogP contribution in [0.15, 0.2) is 36.5 Å². The third-order valence-electron chi connectivity index (χ3n) is 13.4. The second-order valence-corrected chi connectivity index (χ2v) is 17.7. The van der Waals surface area contributed by atoms with Crippen molar-refractivity contribution in [1.29, 1.82) is 0 Å². The number of allylic oxidation sites excluding steroid dienone is 4. The molecule has 3 heterocycles. The number of aliphatic hydroxyl groups excluding tert-OH is 4. The van der Waals surface area contributed by atoms with Crippen molar-refractivity contribution in [2.45, 2.75) is 170 Å². The molecule has 0 amide bonds. The van der Waals surface area contributed by atoms with E-state index in [2.05, 4.69) is 26.8 Å². The molecule has 2 saturated heterocycles. The summed E-state index contributed by atoms with van der Waals surface area (Å²) in [5.41, 5.74) is 0. The summed E-state index contributed by atoms with van der Waals surface area (Å²) >= 11 is 0. The summed E-state index contributed by atoms with van der Waals surface area (Å²) < 4.78 is 20.0. The van der Waals surface area contributed by atoms with Crippen LogP contribution in [0.5, 0.6) is 0 Å².